The first-order valence-corrected chi connectivity index (χ1v) is 3.37. The van der Waals surface area contributed by atoms with Crippen LogP contribution in [-0.4, -0.2) is 13.1 Å². The first-order chi connectivity index (χ1) is 4.33. The molecule has 0 aromatic carbocycles. The van der Waals surface area contributed by atoms with Gasteiger partial charge in [-0.05, 0) is 26.9 Å². The number of nitrogens with one attached hydrogen (secondary N) is 1. The maximum Gasteiger partial charge on any atom is -0.00271 e. The van der Waals surface area contributed by atoms with Crippen LogP contribution in [0.1, 0.15) is 27.7 Å². The van der Waals surface area contributed by atoms with Crippen LogP contribution in [0.5, 0.6) is 0 Å². The van der Waals surface area contributed by atoms with Crippen molar-refractivity contribution in [3.63, 3.8) is 0 Å². The van der Waals surface area contributed by atoms with Gasteiger partial charge in [0, 0.05) is 0 Å². The van der Waals surface area contributed by atoms with E-state index in [0.29, 0.717) is 0 Å². The molecular formula is C8H17N. The lowest BCUT2D eigenvalue weighted by molar-refractivity contribution is 0.762. The van der Waals surface area contributed by atoms with E-state index in [2.05, 4.69) is 31.0 Å². The van der Waals surface area contributed by atoms with E-state index in [4.69, 9.17) is 0 Å². The van der Waals surface area contributed by atoms with Crippen LogP contribution in [-0.2, 0) is 0 Å². The Bertz CT molecular complexity index is 68.3. The largest absolute Gasteiger partial charge is 0.317 e. The van der Waals surface area contributed by atoms with Crippen molar-refractivity contribution in [3.8, 4) is 11.8 Å². The molecular weight excluding hydrogens is 110 g/mol. The van der Waals surface area contributed by atoms with Gasteiger partial charge in [-0.2, -0.15) is 0 Å². The SMILES string of the molecule is CC#CC.CCNCC. The molecule has 0 saturated carbocycles. The Morgan fingerprint density at radius 1 is 1.00 bits per heavy atom. The minimum absolute atomic E-state index is 1.09. The minimum Gasteiger partial charge on any atom is -0.317 e. The molecule has 0 aliphatic carbocycles. The van der Waals surface area contributed by atoms with Gasteiger partial charge in [-0.25, -0.2) is 0 Å². The predicted octanol–water partition coefficient (Wildman–Crippen LogP) is 1.65. The highest BCUT2D eigenvalue weighted by atomic mass is 14.8. The van der Waals surface area contributed by atoms with Gasteiger partial charge in [-0.3, -0.25) is 0 Å². The van der Waals surface area contributed by atoms with E-state index in [1.165, 1.54) is 0 Å². The third-order valence-corrected chi connectivity index (χ3v) is 0.750. The Morgan fingerprint density at radius 2 is 1.33 bits per heavy atom. The van der Waals surface area contributed by atoms with Gasteiger partial charge in [0.25, 0.3) is 0 Å². The van der Waals surface area contributed by atoms with E-state index in [0.717, 1.165) is 13.1 Å². The summed E-state index contributed by atoms with van der Waals surface area (Å²) in [6.45, 7) is 10.0. The van der Waals surface area contributed by atoms with Crippen LogP contribution in [0.2, 0.25) is 0 Å². The van der Waals surface area contributed by atoms with E-state index in [1.54, 1.807) is 0 Å². The molecule has 0 aromatic rings. The molecule has 0 aliphatic heterocycles. The third kappa shape index (κ3) is 36.1. The van der Waals surface area contributed by atoms with Crippen LogP contribution in [0.3, 0.4) is 0 Å². The van der Waals surface area contributed by atoms with Crippen molar-refractivity contribution in [3.05, 3.63) is 0 Å². The molecule has 0 fully saturated rings. The molecule has 0 heterocycles. The lowest BCUT2D eigenvalue weighted by atomic mass is 10.7. The van der Waals surface area contributed by atoms with E-state index >= 15 is 0 Å². The normalized spacial score (nSPS) is 6.22. The van der Waals surface area contributed by atoms with Crippen molar-refractivity contribution in [1.29, 1.82) is 0 Å². The van der Waals surface area contributed by atoms with E-state index in [9.17, 15) is 0 Å². The molecule has 0 radical (unpaired) electrons. The van der Waals surface area contributed by atoms with Crippen molar-refractivity contribution in [2.24, 2.45) is 0 Å². The Labute approximate surface area is 58.8 Å². The van der Waals surface area contributed by atoms with Gasteiger partial charge < -0.3 is 5.32 Å². The van der Waals surface area contributed by atoms with Crippen molar-refractivity contribution in [1.82, 2.24) is 5.32 Å². The summed E-state index contributed by atoms with van der Waals surface area (Å²) in [6.07, 6.45) is 0. The van der Waals surface area contributed by atoms with Crippen molar-refractivity contribution in [2.45, 2.75) is 27.7 Å². The molecule has 1 N–H and O–H groups in total. The van der Waals surface area contributed by atoms with Gasteiger partial charge in [0.15, 0.2) is 0 Å². The lowest BCUT2D eigenvalue weighted by Gasteiger charge is -1.86. The highest BCUT2D eigenvalue weighted by molar-refractivity contribution is 4.89. The van der Waals surface area contributed by atoms with E-state index in [1.807, 2.05) is 13.8 Å². The lowest BCUT2D eigenvalue weighted by Crippen LogP contribution is -2.09. The first kappa shape index (κ1) is 11.3. The summed E-state index contributed by atoms with van der Waals surface area (Å²) in [5.74, 6) is 5.36. The summed E-state index contributed by atoms with van der Waals surface area (Å²) in [5, 5.41) is 3.11. The Kier molecular flexibility index (Phi) is 19.7. The van der Waals surface area contributed by atoms with E-state index < -0.39 is 0 Å². The fourth-order valence-electron chi connectivity index (χ4n) is 0.250. The standard InChI is InChI=1S/C4H11N.C4H6/c1-3-5-4-2;1-3-4-2/h5H,3-4H2,1-2H3;1-2H3. The molecule has 0 unspecified atom stereocenters. The summed E-state index contributed by atoms with van der Waals surface area (Å²) in [5.41, 5.74) is 0. The number of hydrogen-bond donors (Lipinski definition) is 1. The maximum atomic E-state index is 3.11. The monoisotopic (exact) mass is 127 g/mol. The van der Waals surface area contributed by atoms with Crippen LogP contribution < -0.4 is 5.32 Å². The zero-order valence-electron chi connectivity index (χ0n) is 6.91. The fraction of sp³-hybridized carbons (Fsp3) is 0.750. The highest BCUT2D eigenvalue weighted by Crippen LogP contribution is 1.47. The summed E-state index contributed by atoms with van der Waals surface area (Å²) < 4.78 is 0. The average Bonchev–Trinajstić information content (AvgIpc) is 1.91. The number of hydrogen-bond acceptors (Lipinski definition) is 1. The fourth-order valence-corrected chi connectivity index (χ4v) is 0.250. The topological polar surface area (TPSA) is 12.0 Å². The molecule has 0 amide bonds. The zero-order valence-corrected chi connectivity index (χ0v) is 6.91. The van der Waals surface area contributed by atoms with Gasteiger partial charge in [0.05, 0.1) is 0 Å². The second-order valence-corrected chi connectivity index (χ2v) is 1.46. The molecule has 0 aliphatic rings. The summed E-state index contributed by atoms with van der Waals surface area (Å²) in [6, 6.07) is 0. The third-order valence-electron chi connectivity index (χ3n) is 0.750. The summed E-state index contributed by atoms with van der Waals surface area (Å²) >= 11 is 0. The van der Waals surface area contributed by atoms with Crippen LogP contribution >= 0.6 is 0 Å². The minimum atomic E-state index is 1.09. The average molecular weight is 127 g/mol. The quantitative estimate of drug-likeness (QED) is 0.556. The molecule has 1 nitrogen and oxygen atoms in total. The smallest absolute Gasteiger partial charge is 0.00271 e. The second-order valence-electron chi connectivity index (χ2n) is 1.46. The molecule has 9 heavy (non-hydrogen) atoms. The summed E-state index contributed by atoms with van der Waals surface area (Å²) in [7, 11) is 0. The number of rotatable bonds is 2. The van der Waals surface area contributed by atoms with Crippen LogP contribution in [0.25, 0.3) is 0 Å². The van der Waals surface area contributed by atoms with Gasteiger partial charge in [-0.15, -0.1) is 11.8 Å². The Hall–Kier alpha value is -0.480. The van der Waals surface area contributed by atoms with Gasteiger partial charge in [0.2, 0.25) is 0 Å². The Balaban J connectivity index is 0. The van der Waals surface area contributed by atoms with Gasteiger partial charge in [0.1, 0.15) is 0 Å². The molecule has 0 atom stereocenters. The van der Waals surface area contributed by atoms with Gasteiger partial charge >= 0.3 is 0 Å². The zero-order chi connectivity index (χ0) is 7.54. The first-order valence-electron chi connectivity index (χ1n) is 3.37. The van der Waals surface area contributed by atoms with Crippen LogP contribution in [0.15, 0.2) is 0 Å². The molecule has 54 valence electrons. The molecule has 1 heteroatoms. The molecule has 0 spiro atoms. The molecule has 0 rings (SSSR count). The van der Waals surface area contributed by atoms with Crippen LogP contribution in [0, 0.1) is 11.8 Å². The molecule has 0 aromatic heterocycles. The van der Waals surface area contributed by atoms with Gasteiger partial charge in [-0.1, -0.05) is 13.8 Å². The predicted molar refractivity (Wildman–Crippen MR) is 43.3 cm³/mol. The Morgan fingerprint density at radius 3 is 1.33 bits per heavy atom. The van der Waals surface area contributed by atoms with Crippen molar-refractivity contribution in [2.75, 3.05) is 13.1 Å². The highest BCUT2D eigenvalue weighted by Gasteiger charge is 1.62. The maximum absolute atomic E-state index is 3.11. The van der Waals surface area contributed by atoms with Crippen molar-refractivity contribution >= 4 is 0 Å². The summed E-state index contributed by atoms with van der Waals surface area (Å²) in [4.78, 5) is 0. The second kappa shape index (κ2) is 15.6. The molecule has 0 bridgehead atoms. The van der Waals surface area contributed by atoms with Crippen LogP contribution in [0.4, 0.5) is 0 Å². The molecule has 0 saturated heterocycles. The van der Waals surface area contributed by atoms with Crippen molar-refractivity contribution < 1.29 is 0 Å². The van der Waals surface area contributed by atoms with E-state index in [-0.39, 0.29) is 0 Å².